The molecule has 6 nitrogen and oxygen atoms in total. The van der Waals surface area contributed by atoms with E-state index in [1.165, 1.54) is 0 Å². The van der Waals surface area contributed by atoms with Crippen LogP contribution in [0, 0.1) is 12.8 Å². The summed E-state index contributed by atoms with van der Waals surface area (Å²) in [5.41, 5.74) is -0.468. The SMILES string of the molecule is Cc1nc(CN(C)[C@@H]2CCN(CC3(O)CCC(C)CC3)C2)no1. The van der Waals surface area contributed by atoms with Crippen LogP contribution in [0.4, 0.5) is 0 Å². The molecule has 1 atom stereocenters. The van der Waals surface area contributed by atoms with Gasteiger partial charge in [0.2, 0.25) is 5.89 Å². The summed E-state index contributed by atoms with van der Waals surface area (Å²) in [6.45, 7) is 7.74. The zero-order valence-corrected chi connectivity index (χ0v) is 14.7. The smallest absolute Gasteiger partial charge is 0.223 e. The predicted molar refractivity (Wildman–Crippen MR) is 87.9 cm³/mol. The van der Waals surface area contributed by atoms with Crippen molar-refractivity contribution in [1.29, 1.82) is 0 Å². The highest BCUT2D eigenvalue weighted by Crippen LogP contribution is 2.33. The molecule has 2 heterocycles. The van der Waals surface area contributed by atoms with E-state index in [9.17, 15) is 5.11 Å². The molecule has 1 aliphatic heterocycles. The largest absolute Gasteiger partial charge is 0.389 e. The van der Waals surface area contributed by atoms with Crippen LogP contribution in [0.1, 0.15) is 50.7 Å². The number of likely N-dealkylation sites (tertiary alicyclic amines) is 1. The Labute approximate surface area is 138 Å². The molecular formula is C17H30N4O2. The lowest BCUT2D eigenvalue weighted by molar-refractivity contribution is -0.0316. The summed E-state index contributed by atoms with van der Waals surface area (Å²) in [6, 6.07) is 0.500. The highest BCUT2D eigenvalue weighted by molar-refractivity contribution is 4.92. The molecule has 1 saturated heterocycles. The normalized spacial score (nSPS) is 32.7. The van der Waals surface area contributed by atoms with Gasteiger partial charge in [-0.15, -0.1) is 0 Å². The summed E-state index contributed by atoms with van der Waals surface area (Å²) < 4.78 is 5.04. The molecule has 0 spiro atoms. The zero-order chi connectivity index (χ0) is 16.4. The van der Waals surface area contributed by atoms with Gasteiger partial charge in [0, 0.05) is 26.1 Å². The van der Waals surface area contributed by atoms with Crippen LogP contribution < -0.4 is 0 Å². The van der Waals surface area contributed by atoms with Crippen LogP contribution in [0.25, 0.3) is 0 Å². The maximum atomic E-state index is 10.8. The van der Waals surface area contributed by atoms with Crippen molar-refractivity contribution in [3.8, 4) is 0 Å². The van der Waals surface area contributed by atoms with Crippen molar-refractivity contribution in [2.24, 2.45) is 5.92 Å². The Kier molecular flexibility index (Phi) is 5.04. The second kappa shape index (κ2) is 6.87. The first-order chi connectivity index (χ1) is 10.9. The van der Waals surface area contributed by atoms with Crippen molar-refractivity contribution in [2.75, 3.05) is 26.7 Å². The number of hydrogen-bond donors (Lipinski definition) is 1. The van der Waals surface area contributed by atoms with E-state index in [2.05, 4.69) is 33.9 Å². The summed E-state index contributed by atoms with van der Waals surface area (Å²) in [7, 11) is 2.12. The molecular weight excluding hydrogens is 292 g/mol. The number of aryl methyl sites for hydroxylation is 1. The molecule has 23 heavy (non-hydrogen) atoms. The third kappa shape index (κ3) is 4.31. The highest BCUT2D eigenvalue weighted by atomic mass is 16.5. The Balaban J connectivity index is 1.48. The molecule has 1 aromatic heterocycles. The predicted octanol–water partition coefficient (Wildman–Crippen LogP) is 1.83. The van der Waals surface area contributed by atoms with Gasteiger partial charge in [0.15, 0.2) is 5.82 Å². The number of aromatic nitrogens is 2. The zero-order valence-electron chi connectivity index (χ0n) is 14.7. The van der Waals surface area contributed by atoms with Gasteiger partial charge in [0.1, 0.15) is 0 Å². The fourth-order valence-electron chi connectivity index (χ4n) is 3.95. The van der Waals surface area contributed by atoms with Crippen molar-refractivity contribution < 1.29 is 9.63 Å². The molecule has 1 N–H and O–H groups in total. The highest BCUT2D eigenvalue weighted by Gasteiger charge is 2.36. The van der Waals surface area contributed by atoms with Crippen molar-refractivity contribution >= 4 is 0 Å². The van der Waals surface area contributed by atoms with Crippen LogP contribution in [0.5, 0.6) is 0 Å². The van der Waals surface area contributed by atoms with Crippen LogP contribution in [0.15, 0.2) is 4.52 Å². The first-order valence-electron chi connectivity index (χ1n) is 8.88. The average Bonchev–Trinajstić information content (AvgIpc) is 3.12. The van der Waals surface area contributed by atoms with Crippen molar-refractivity contribution in [3.63, 3.8) is 0 Å². The second-order valence-electron chi connectivity index (χ2n) is 7.73. The maximum Gasteiger partial charge on any atom is 0.223 e. The van der Waals surface area contributed by atoms with Gasteiger partial charge in [0.25, 0.3) is 0 Å². The van der Waals surface area contributed by atoms with Crippen LogP contribution in [0.2, 0.25) is 0 Å². The van der Waals surface area contributed by atoms with E-state index in [0.29, 0.717) is 11.9 Å². The molecule has 0 bridgehead atoms. The Morgan fingerprint density at radius 1 is 1.35 bits per heavy atom. The lowest BCUT2D eigenvalue weighted by atomic mass is 9.79. The lowest BCUT2D eigenvalue weighted by Gasteiger charge is -2.38. The standard InChI is InChI=1S/C17H30N4O2/c1-13-4-7-17(22,8-5-13)12-21-9-6-15(10-21)20(3)11-16-18-14(2)23-19-16/h13,15,22H,4-12H2,1-3H3/t13?,15-,17?/m1/s1. The van der Waals surface area contributed by atoms with Crippen molar-refractivity contribution in [1.82, 2.24) is 19.9 Å². The Bertz CT molecular complexity index is 510. The Morgan fingerprint density at radius 2 is 2.09 bits per heavy atom. The van der Waals surface area contributed by atoms with E-state index < -0.39 is 5.60 Å². The summed E-state index contributed by atoms with van der Waals surface area (Å²) in [5.74, 6) is 2.14. The number of rotatable bonds is 5. The van der Waals surface area contributed by atoms with E-state index in [-0.39, 0.29) is 0 Å². The molecule has 6 heteroatoms. The number of hydrogen-bond acceptors (Lipinski definition) is 6. The third-order valence-corrected chi connectivity index (χ3v) is 5.55. The fourth-order valence-corrected chi connectivity index (χ4v) is 3.95. The molecule has 0 radical (unpaired) electrons. The van der Waals surface area contributed by atoms with E-state index in [1.807, 2.05) is 6.92 Å². The molecule has 2 fully saturated rings. The molecule has 2 aliphatic rings. The quantitative estimate of drug-likeness (QED) is 0.892. The van der Waals surface area contributed by atoms with Crippen LogP contribution in [-0.4, -0.2) is 63.4 Å². The van der Waals surface area contributed by atoms with Crippen LogP contribution in [-0.2, 0) is 6.54 Å². The summed E-state index contributed by atoms with van der Waals surface area (Å²) >= 11 is 0. The Hall–Kier alpha value is -0.980. The summed E-state index contributed by atoms with van der Waals surface area (Å²) in [5, 5.41) is 14.8. The van der Waals surface area contributed by atoms with Gasteiger partial charge in [-0.05, 0) is 51.6 Å². The average molecular weight is 322 g/mol. The molecule has 3 rings (SSSR count). The van der Waals surface area contributed by atoms with Gasteiger partial charge in [-0.1, -0.05) is 12.1 Å². The molecule has 1 aromatic rings. The minimum atomic E-state index is -0.468. The van der Waals surface area contributed by atoms with Gasteiger partial charge in [-0.25, -0.2) is 0 Å². The van der Waals surface area contributed by atoms with Crippen molar-refractivity contribution in [3.05, 3.63) is 11.7 Å². The molecule has 1 aliphatic carbocycles. The molecule has 130 valence electrons. The number of nitrogens with zero attached hydrogens (tertiary/aromatic N) is 4. The maximum absolute atomic E-state index is 10.8. The molecule has 1 saturated carbocycles. The minimum absolute atomic E-state index is 0.468. The first kappa shape index (κ1) is 16.9. The Morgan fingerprint density at radius 3 is 2.74 bits per heavy atom. The van der Waals surface area contributed by atoms with Gasteiger partial charge in [-0.3, -0.25) is 9.80 Å². The topological polar surface area (TPSA) is 65.6 Å². The lowest BCUT2D eigenvalue weighted by Crippen LogP contribution is -2.45. The van der Waals surface area contributed by atoms with E-state index in [1.54, 1.807) is 0 Å². The summed E-state index contributed by atoms with van der Waals surface area (Å²) in [4.78, 5) is 9.01. The third-order valence-electron chi connectivity index (χ3n) is 5.55. The minimum Gasteiger partial charge on any atom is -0.389 e. The second-order valence-corrected chi connectivity index (χ2v) is 7.73. The number of β-amino-alcohol motifs (C(OH)–C–C–N with tert-alkyl or cyclic N) is 1. The summed E-state index contributed by atoms with van der Waals surface area (Å²) in [6.07, 6.45) is 5.36. The number of aliphatic hydroxyl groups is 1. The molecule has 0 amide bonds. The van der Waals surface area contributed by atoms with Gasteiger partial charge >= 0.3 is 0 Å². The molecule has 0 aromatic carbocycles. The molecule has 0 unspecified atom stereocenters. The first-order valence-corrected chi connectivity index (χ1v) is 8.88. The van der Waals surface area contributed by atoms with Gasteiger partial charge < -0.3 is 9.63 Å². The van der Waals surface area contributed by atoms with Crippen LogP contribution in [0.3, 0.4) is 0 Å². The monoisotopic (exact) mass is 322 g/mol. The van der Waals surface area contributed by atoms with Gasteiger partial charge in [-0.2, -0.15) is 4.98 Å². The van der Waals surface area contributed by atoms with Crippen molar-refractivity contribution in [2.45, 2.75) is 64.1 Å². The van der Waals surface area contributed by atoms with Gasteiger partial charge in [0.05, 0.1) is 12.1 Å². The fraction of sp³-hybridized carbons (Fsp3) is 0.882. The van der Waals surface area contributed by atoms with E-state index in [0.717, 1.165) is 70.0 Å². The van der Waals surface area contributed by atoms with E-state index in [4.69, 9.17) is 4.52 Å². The van der Waals surface area contributed by atoms with Crippen LogP contribution >= 0.6 is 0 Å². The van der Waals surface area contributed by atoms with E-state index >= 15 is 0 Å². The number of likely N-dealkylation sites (N-methyl/N-ethyl adjacent to an activating group) is 1.